The van der Waals surface area contributed by atoms with Gasteiger partial charge in [0.2, 0.25) is 0 Å². The number of hydrogen-bond donors (Lipinski definition) is 4. The van der Waals surface area contributed by atoms with Gasteiger partial charge >= 0.3 is 93.8 Å². The van der Waals surface area contributed by atoms with Gasteiger partial charge in [-0.15, -0.1) is 0 Å². The van der Waals surface area contributed by atoms with E-state index in [1.165, 1.54) is 32.1 Å². The molecule has 0 aromatic rings. The molecule has 5 heteroatoms. The molecule has 0 saturated carbocycles. The van der Waals surface area contributed by atoms with Crippen molar-refractivity contribution in [2.24, 2.45) is 20.1 Å². The topological polar surface area (TPSA) is 104 Å². The van der Waals surface area contributed by atoms with Gasteiger partial charge in [0, 0.05) is 0 Å². The zero-order valence-electron chi connectivity index (χ0n) is 8.86. The predicted molar refractivity (Wildman–Crippen MR) is 57.7 cm³/mol. The molecular formula is C9H25N4Pt. The van der Waals surface area contributed by atoms with E-state index in [-0.39, 0.29) is 6.17 Å². The average molecular weight is 384 g/mol. The Bertz CT molecular complexity index is 105. The fourth-order valence-electron chi connectivity index (χ4n) is 1.30. The van der Waals surface area contributed by atoms with Crippen LogP contribution in [-0.4, -0.2) is 6.17 Å². The second kappa shape index (κ2) is 10.1. The summed E-state index contributed by atoms with van der Waals surface area (Å²) >= 11 is -1.44. The third kappa shape index (κ3) is 12.5. The van der Waals surface area contributed by atoms with E-state index in [0.29, 0.717) is 0 Å². The fourth-order valence-corrected chi connectivity index (χ4v) is 2.79. The molecule has 8 N–H and O–H groups in total. The first-order valence-corrected chi connectivity index (χ1v) is 9.39. The van der Waals surface area contributed by atoms with Crippen LogP contribution >= 0.6 is 0 Å². The van der Waals surface area contributed by atoms with E-state index in [2.05, 4.69) is 0 Å². The zero-order chi connectivity index (χ0) is 10.8. The van der Waals surface area contributed by atoms with Crippen molar-refractivity contribution in [3.63, 3.8) is 0 Å². The van der Waals surface area contributed by atoms with Crippen LogP contribution in [0, 0.1) is 0 Å². The molecule has 0 fully saturated rings. The van der Waals surface area contributed by atoms with Gasteiger partial charge in [0.25, 0.3) is 0 Å². The number of unbranched alkanes of at least 4 members (excludes halogenated alkanes) is 5. The Morgan fingerprint density at radius 1 is 0.786 bits per heavy atom. The molecule has 0 unspecified atom stereocenters. The zero-order valence-corrected chi connectivity index (χ0v) is 11.1. The summed E-state index contributed by atoms with van der Waals surface area (Å²) in [5.74, 6) is 0. The standard InChI is InChI=1S/C9H21N2.2H2N.Pt/c1-2-3-4-5-6-7-8-9(10)11;;;/h9H,1-8,10-11H2;2*1H2;/q;2*-1;+2. The second-order valence-electron chi connectivity index (χ2n) is 3.60. The van der Waals surface area contributed by atoms with Crippen molar-refractivity contribution in [3.8, 4) is 0 Å². The Hall–Kier alpha value is 0.528. The van der Waals surface area contributed by atoms with Crippen LogP contribution in [0.25, 0.3) is 0 Å². The van der Waals surface area contributed by atoms with Crippen LogP contribution in [-0.2, 0) is 17.8 Å². The number of rotatable bonds is 9. The van der Waals surface area contributed by atoms with Crippen LogP contribution in [0.1, 0.15) is 44.9 Å². The normalized spacial score (nSPS) is 12.2. The molecule has 0 aromatic carbocycles. The van der Waals surface area contributed by atoms with E-state index in [4.69, 9.17) is 20.1 Å². The van der Waals surface area contributed by atoms with Crippen molar-refractivity contribution in [2.75, 3.05) is 0 Å². The molecule has 14 heavy (non-hydrogen) atoms. The number of hydrogen-bond acceptors (Lipinski definition) is 4. The minimum absolute atomic E-state index is 0.128. The van der Waals surface area contributed by atoms with Crippen LogP contribution in [0.5, 0.6) is 0 Å². The van der Waals surface area contributed by atoms with E-state index in [1.54, 1.807) is 0 Å². The van der Waals surface area contributed by atoms with Crippen molar-refractivity contribution >= 4 is 0 Å². The number of nitrogens with two attached hydrogens (primary N) is 4. The van der Waals surface area contributed by atoms with Gasteiger partial charge in [-0.3, -0.25) is 0 Å². The molecule has 0 atom stereocenters. The summed E-state index contributed by atoms with van der Waals surface area (Å²) in [5.41, 5.74) is 10.9. The quantitative estimate of drug-likeness (QED) is 0.348. The van der Waals surface area contributed by atoms with Crippen molar-refractivity contribution in [3.05, 3.63) is 0 Å². The monoisotopic (exact) mass is 384 g/mol. The Labute approximate surface area is 93.9 Å². The summed E-state index contributed by atoms with van der Waals surface area (Å²) < 4.78 is 11.2. The van der Waals surface area contributed by atoms with Crippen molar-refractivity contribution in [2.45, 2.75) is 55.9 Å². The molecule has 0 aliphatic rings. The molecular weight excluding hydrogens is 359 g/mol. The summed E-state index contributed by atoms with van der Waals surface area (Å²) in [6, 6.07) is 0. The van der Waals surface area contributed by atoms with E-state index in [0.717, 1.165) is 17.7 Å². The molecule has 0 radical (unpaired) electrons. The van der Waals surface area contributed by atoms with Crippen molar-refractivity contribution in [1.82, 2.24) is 0 Å². The SMILES string of the molecule is NC(N)CCCCCCC[CH2][Pt]([NH2])[NH2]. The van der Waals surface area contributed by atoms with Gasteiger partial charge in [0.1, 0.15) is 0 Å². The van der Waals surface area contributed by atoms with Gasteiger partial charge in [-0.25, -0.2) is 0 Å². The molecule has 0 bridgehead atoms. The first kappa shape index (κ1) is 14.5. The van der Waals surface area contributed by atoms with Crippen LogP contribution in [0.15, 0.2) is 0 Å². The van der Waals surface area contributed by atoms with Gasteiger partial charge < -0.3 is 0 Å². The van der Waals surface area contributed by atoms with Gasteiger partial charge in [-0.2, -0.15) is 0 Å². The van der Waals surface area contributed by atoms with Gasteiger partial charge in [-0.1, -0.05) is 0 Å². The van der Waals surface area contributed by atoms with E-state index in [1.807, 2.05) is 0 Å². The summed E-state index contributed by atoms with van der Waals surface area (Å²) in [4.78, 5) is 1.10. The van der Waals surface area contributed by atoms with Crippen molar-refractivity contribution in [1.29, 1.82) is 0 Å². The first-order chi connectivity index (χ1) is 6.63. The van der Waals surface area contributed by atoms with Crippen molar-refractivity contribution < 1.29 is 17.8 Å². The molecule has 0 saturated heterocycles. The van der Waals surface area contributed by atoms with Crippen LogP contribution < -0.4 is 20.1 Å². The Morgan fingerprint density at radius 3 is 1.79 bits per heavy atom. The Morgan fingerprint density at radius 2 is 1.29 bits per heavy atom. The molecule has 91 valence electrons. The van der Waals surface area contributed by atoms with Gasteiger partial charge in [-0.05, 0) is 0 Å². The van der Waals surface area contributed by atoms with Crippen LogP contribution in [0.2, 0.25) is 4.81 Å². The Balaban J connectivity index is 2.92. The molecule has 4 nitrogen and oxygen atoms in total. The molecule has 0 heterocycles. The summed E-state index contributed by atoms with van der Waals surface area (Å²) in [7, 11) is 0. The van der Waals surface area contributed by atoms with E-state index < -0.39 is 17.8 Å². The molecule has 0 aliphatic carbocycles. The summed E-state index contributed by atoms with van der Waals surface area (Å²) in [5, 5.41) is 0. The van der Waals surface area contributed by atoms with E-state index in [9.17, 15) is 0 Å². The maximum atomic E-state index is 5.60. The summed E-state index contributed by atoms with van der Waals surface area (Å²) in [6.07, 6.45) is 8.30. The minimum atomic E-state index is -1.44. The average Bonchev–Trinajstić information content (AvgIpc) is 2.08. The predicted octanol–water partition coefficient (Wildman–Crippen LogP) is 0.744. The third-order valence-electron chi connectivity index (χ3n) is 2.08. The van der Waals surface area contributed by atoms with E-state index >= 15 is 0 Å². The molecule has 0 rings (SSSR count). The van der Waals surface area contributed by atoms with Gasteiger partial charge in [0.05, 0.1) is 0 Å². The van der Waals surface area contributed by atoms with Crippen LogP contribution in [0.3, 0.4) is 0 Å². The summed E-state index contributed by atoms with van der Waals surface area (Å²) in [6.45, 7) is 0. The molecule has 0 aliphatic heterocycles. The van der Waals surface area contributed by atoms with Crippen LogP contribution in [0.4, 0.5) is 0 Å². The Kier molecular flexibility index (Phi) is 10.4. The maximum absolute atomic E-state index is 5.60. The second-order valence-corrected chi connectivity index (χ2v) is 7.34. The molecule has 0 spiro atoms. The molecule has 0 amide bonds. The molecule has 0 aromatic heterocycles. The third-order valence-corrected chi connectivity index (χ3v) is 4.20. The van der Waals surface area contributed by atoms with Gasteiger partial charge in [0.15, 0.2) is 0 Å². The first-order valence-electron chi connectivity index (χ1n) is 5.16. The fraction of sp³-hybridized carbons (Fsp3) is 1.00.